The number of carbonyl (C=O) groups is 1. The summed E-state index contributed by atoms with van der Waals surface area (Å²) in [6, 6.07) is 7.62. The summed E-state index contributed by atoms with van der Waals surface area (Å²) in [5.74, 6) is 0.692. The average Bonchev–Trinajstić information content (AvgIpc) is 2.94. The molecule has 0 spiro atoms. The molecule has 0 bridgehead atoms. The second kappa shape index (κ2) is 6.57. The van der Waals surface area contributed by atoms with Crippen molar-refractivity contribution in [1.82, 2.24) is 0 Å². The number of benzene rings is 1. The molecule has 7 nitrogen and oxygen atoms in total. The van der Waals surface area contributed by atoms with E-state index in [0.717, 1.165) is 0 Å². The summed E-state index contributed by atoms with van der Waals surface area (Å²) in [6.07, 6.45) is 2.62. The normalized spacial score (nSPS) is 10.8. The van der Waals surface area contributed by atoms with Gasteiger partial charge in [0.15, 0.2) is 0 Å². The van der Waals surface area contributed by atoms with Gasteiger partial charge in [-0.25, -0.2) is 0 Å². The molecule has 22 heavy (non-hydrogen) atoms. The topological polar surface area (TPSA) is 109 Å². The lowest BCUT2D eigenvalue weighted by Gasteiger charge is -2.07. The number of ether oxygens (including phenoxy) is 1. The zero-order valence-electron chi connectivity index (χ0n) is 11.8. The first-order chi connectivity index (χ1) is 10.5. The van der Waals surface area contributed by atoms with E-state index in [4.69, 9.17) is 14.9 Å². The van der Waals surface area contributed by atoms with Gasteiger partial charge in [0.05, 0.1) is 23.2 Å². The van der Waals surface area contributed by atoms with Gasteiger partial charge in [-0.15, -0.1) is 0 Å². The predicted octanol–water partition coefficient (Wildman–Crippen LogP) is 2.75. The Morgan fingerprint density at radius 1 is 1.41 bits per heavy atom. The van der Waals surface area contributed by atoms with Crippen molar-refractivity contribution in [3.8, 4) is 17.1 Å². The molecule has 0 saturated carbocycles. The van der Waals surface area contributed by atoms with Crippen LogP contribution in [0.15, 0.2) is 40.8 Å². The Morgan fingerprint density at radius 3 is 2.82 bits per heavy atom. The molecule has 0 aliphatic rings. The number of carbonyl (C=O) groups excluding carboxylic acids is 1. The first-order valence-electron chi connectivity index (χ1n) is 6.50. The maximum atomic E-state index is 10.8. The van der Waals surface area contributed by atoms with E-state index in [1.54, 1.807) is 25.1 Å². The highest BCUT2D eigenvalue weighted by molar-refractivity contribution is 5.90. The lowest BCUT2D eigenvalue weighted by Crippen LogP contribution is -2.04. The standard InChI is InChI=1S/C15H14N2O5/c1-2-21-14-9-10(17(19)20)3-6-12(14)13-7-4-11(22-13)5-8-15(16)18/h3-9H,2H2,1H3,(H2,16,18)/b8-5+. The van der Waals surface area contributed by atoms with Crippen LogP contribution in [0, 0.1) is 10.1 Å². The summed E-state index contributed by atoms with van der Waals surface area (Å²) >= 11 is 0. The van der Waals surface area contributed by atoms with Crippen molar-refractivity contribution < 1.29 is 18.9 Å². The number of hydrogen-bond donors (Lipinski definition) is 1. The molecule has 2 rings (SSSR count). The second-order valence-corrected chi connectivity index (χ2v) is 4.31. The Bertz CT molecular complexity index is 733. The van der Waals surface area contributed by atoms with Crippen molar-refractivity contribution >= 4 is 17.7 Å². The van der Waals surface area contributed by atoms with Gasteiger partial charge >= 0.3 is 0 Å². The monoisotopic (exact) mass is 302 g/mol. The van der Waals surface area contributed by atoms with Crippen LogP contribution in [0.4, 0.5) is 5.69 Å². The van der Waals surface area contributed by atoms with Gasteiger partial charge in [-0.2, -0.15) is 0 Å². The third-order valence-electron chi connectivity index (χ3n) is 2.78. The number of hydrogen-bond acceptors (Lipinski definition) is 5. The number of nitro groups is 1. The lowest BCUT2D eigenvalue weighted by molar-refractivity contribution is -0.384. The molecule has 1 heterocycles. The van der Waals surface area contributed by atoms with E-state index in [9.17, 15) is 14.9 Å². The fraction of sp³-hybridized carbons (Fsp3) is 0.133. The number of primary amides is 1. The van der Waals surface area contributed by atoms with Crippen molar-refractivity contribution in [3.63, 3.8) is 0 Å². The van der Waals surface area contributed by atoms with Gasteiger partial charge in [-0.3, -0.25) is 14.9 Å². The number of rotatable bonds is 6. The maximum Gasteiger partial charge on any atom is 0.273 e. The summed E-state index contributed by atoms with van der Waals surface area (Å²) in [4.78, 5) is 21.0. The van der Waals surface area contributed by atoms with Crippen molar-refractivity contribution in [2.45, 2.75) is 6.92 Å². The summed E-state index contributed by atoms with van der Waals surface area (Å²) in [6.45, 7) is 2.15. The molecule has 0 atom stereocenters. The van der Waals surface area contributed by atoms with Crippen LogP contribution in [-0.2, 0) is 4.79 Å². The molecule has 0 aliphatic heterocycles. The first-order valence-corrected chi connectivity index (χ1v) is 6.50. The minimum absolute atomic E-state index is 0.0624. The molecule has 0 fully saturated rings. The van der Waals surface area contributed by atoms with Crippen LogP contribution in [-0.4, -0.2) is 17.4 Å². The van der Waals surface area contributed by atoms with Gasteiger partial charge in [-0.05, 0) is 31.2 Å². The molecule has 0 radical (unpaired) electrons. The van der Waals surface area contributed by atoms with Gasteiger partial charge in [0.2, 0.25) is 5.91 Å². The quantitative estimate of drug-likeness (QED) is 0.501. The predicted molar refractivity (Wildman–Crippen MR) is 80.2 cm³/mol. The molecule has 0 aliphatic carbocycles. The van der Waals surface area contributed by atoms with E-state index < -0.39 is 10.8 Å². The Morgan fingerprint density at radius 2 is 2.18 bits per heavy atom. The number of nitro benzene ring substituents is 1. The summed E-state index contributed by atoms with van der Waals surface area (Å²) < 4.78 is 11.0. The summed E-state index contributed by atoms with van der Waals surface area (Å²) in [7, 11) is 0. The number of non-ortho nitro benzene ring substituents is 1. The maximum absolute atomic E-state index is 10.8. The smallest absolute Gasteiger partial charge is 0.273 e. The van der Waals surface area contributed by atoms with Crippen molar-refractivity contribution in [2.75, 3.05) is 6.61 Å². The van der Waals surface area contributed by atoms with Crippen LogP contribution < -0.4 is 10.5 Å². The van der Waals surface area contributed by atoms with E-state index in [-0.39, 0.29) is 5.69 Å². The van der Waals surface area contributed by atoms with Crippen molar-refractivity contribution in [3.05, 3.63) is 52.3 Å². The number of nitrogens with zero attached hydrogens (tertiary/aromatic N) is 1. The summed E-state index contributed by atoms with van der Waals surface area (Å²) in [5.41, 5.74) is 5.54. The average molecular weight is 302 g/mol. The molecular weight excluding hydrogens is 288 g/mol. The molecule has 114 valence electrons. The zero-order valence-corrected chi connectivity index (χ0v) is 11.8. The Hall–Kier alpha value is -3.09. The van der Waals surface area contributed by atoms with Gasteiger partial charge in [-0.1, -0.05) is 0 Å². The van der Waals surface area contributed by atoms with Crippen LogP contribution in [0.25, 0.3) is 17.4 Å². The molecule has 1 amide bonds. The zero-order chi connectivity index (χ0) is 16.1. The number of nitrogens with two attached hydrogens (primary N) is 1. The lowest BCUT2D eigenvalue weighted by atomic mass is 10.1. The van der Waals surface area contributed by atoms with Gasteiger partial charge in [0.1, 0.15) is 17.3 Å². The fourth-order valence-electron chi connectivity index (χ4n) is 1.85. The molecule has 0 unspecified atom stereocenters. The fourth-order valence-corrected chi connectivity index (χ4v) is 1.85. The van der Waals surface area contributed by atoms with E-state index >= 15 is 0 Å². The number of furan rings is 1. The van der Waals surface area contributed by atoms with E-state index in [0.29, 0.717) is 29.4 Å². The SMILES string of the molecule is CCOc1cc([N+](=O)[O-])ccc1-c1ccc(/C=C/C(N)=O)o1. The third kappa shape index (κ3) is 3.51. The molecule has 1 aromatic heterocycles. The van der Waals surface area contributed by atoms with Gasteiger partial charge in [0, 0.05) is 12.1 Å². The minimum Gasteiger partial charge on any atom is -0.493 e. The Kier molecular flexibility index (Phi) is 4.57. The van der Waals surface area contributed by atoms with Crippen LogP contribution in [0.5, 0.6) is 5.75 Å². The van der Waals surface area contributed by atoms with Crippen LogP contribution in [0.2, 0.25) is 0 Å². The van der Waals surface area contributed by atoms with Crippen LogP contribution >= 0.6 is 0 Å². The van der Waals surface area contributed by atoms with Gasteiger partial charge < -0.3 is 14.9 Å². The van der Waals surface area contributed by atoms with Crippen molar-refractivity contribution in [2.24, 2.45) is 5.73 Å². The first kappa shape index (κ1) is 15.3. The van der Waals surface area contributed by atoms with E-state index in [1.807, 2.05) is 0 Å². The van der Waals surface area contributed by atoms with Crippen molar-refractivity contribution in [1.29, 1.82) is 0 Å². The molecule has 0 saturated heterocycles. The highest BCUT2D eigenvalue weighted by atomic mass is 16.6. The second-order valence-electron chi connectivity index (χ2n) is 4.31. The number of amides is 1. The highest BCUT2D eigenvalue weighted by Gasteiger charge is 2.15. The summed E-state index contributed by atoms with van der Waals surface area (Å²) in [5, 5.41) is 10.8. The van der Waals surface area contributed by atoms with Crippen LogP contribution in [0.3, 0.4) is 0 Å². The van der Waals surface area contributed by atoms with E-state index in [2.05, 4.69) is 0 Å². The highest BCUT2D eigenvalue weighted by Crippen LogP contribution is 2.34. The Labute approximate surface area is 126 Å². The molecule has 2 aromatic rings. The van der Waals surface area contributed by atoms with E-state index in [1.165, 1.54) is 24.3 Å². The molecule has 1 aromatic carbocycles. The largest absolute Gasteiger partial charge is 0.493 e. The van der Waals surface area contributed by atoms with Gasteiger partial charge in [0.25, 0.3) is 5.69 Å². The third-order valence-corrected chi connectivity index (χ3v) is 2.78. The minimum atomic E-state index is -0.580. The molecule has 7 heteroatoms. The molecule has 2 N–H and O–H groups in total. The Balaban J connectivity index is 2.39. The van der Waals surface area contributed by atoms with Crippen LogP contribution in [0.1, 0.15) is 12.7 Å². The molecular formula is C15H14N2O5.